The van der Waals surface area contributed by atoms with Gasteiger partial charge in [0.25, 0.3) is 0 Å². The van der Waals surface area contributed by atoms with Crippen molar-refractivity contribution >= 4 is 5.91 Å². The Morgan fingerprint density at radius 1 is 0.882 bits per heavy atom. The molecule has 0 aliphatic heterocycles. The third-order valence-electron chi connectivity index (χ3n) is 2.72. The van der Waals surface area contributed by atoms with Crippen LogP contribution in [0.3, 0.4) is 0 Å². The minimum absolute atomic E-state index is 0.287. The molecule has 2 aromatic rings. The van der Waals surface area contributed by atoms with Crippen LogP contribution < -0.4 is 5.73 Å². The molecule has 17 heavy (non-hydrogen) atoms. The molecule has 0 radical (unpaired) electrons. The van der Waals surface area contributed by atoms with Gasteiger partial charge in [0.15, 0.2) is 0 Å². The van der Waals surface area contributed by atoms with Crippen molar-refractivity contribution in [2.24, 2.45) is 5.73 Å². The van der Waals surface area contributed by atoms with E-state index in [1.807, 2.05) is 42.5 Å². The van der Waals surface area contributed by atoms with Crippen molar-refractivity contribution in [3.05, 3.63) is 71.3 Å². The Bertz CT molecular complexity index is 505. The van der Waals surface area contributed by atoms with E-state index in [0.29, 0.717) is 6.42 Å². The number of nitrogens with two attached hydrogens (primary N) is 1. The zero-order valence-corrected chi connectivity index (χ0v) is 9.60. The van der Waals surface area contributed by atoms with Gasteiger partial charge in [-0.15, -0.1) is 0 Å². The Kier molecular flexibility index (Phi) is 3.55. The molecule has 2 rings (SSSR count). The van der Waals surface area contributed by atoms with Crippen LogP contribution in [0.5, 0.6) is 0 Å². The summed E-state index contributed by atoms with van der Waals surface area (Å²) in [7, 11) is 0. The van der Waals surface area contributed by atoms with Crippen molar-refractivity contribution < 1.29 is 4.79 Å². The number of amides is 1. The van der Waals surface area contributed by atoms with Crippen LogP contribution in [0.4, 0.5) is 0 Å². The van der Waals surface area contributed by atoms with Crippen molar-refractivity contribution in [1.82, 2.24) is 0 Å². The third-order valence-corrected chi connectivity index (χ3v) is 2.72. The van der Waals surface area contributed by atoms with Gasteiger partial charge in [0.1, 0.15) is 0 Å². The molecule has 0 aliphatic rings. The van der Waals surface area contributed by atoms with Crippen LogP contribution in [0, 0.1) is 0 Å². The molecule has 86 valence electrons. The minimum Gasteiger partial charge on any atom is -0.369 e. The fourth-order valence-electron chi connectivity index (χ4n) is 1.91. The molecule has 2 nitrogen and oxygen atoms in total. The molecule has 2 N–H and O–H groups in total. The molecule has 0 fully saturated rings. The Morgan fingerprint density at radius 3 is 2.12 bits per heavy atom. The molecule has 0 aromatic heterocycles. The maximum absolute atomic E-state index is 11.0. The highest BCUT2D eigenvalue weighted by Gasteiger charge is 2.05. The number of carbonyl (C=O) groups is 1. The number of hydrogen-bond donors (Lipinski definition) is 1. The topological polar surface area (TPSA) is 43.1 Å². The summed E-state index contributed by atoms with van der Waals surface area (Å²) in [5, 5.41) is 0. The van der Waals surface area contributed by atoms with E-state index in [2.05, 4.69) is 12.1 Å². The van der Waals surface area contributed by atoms with Gasteiger partial charge < -0.3 is 5.73 Å². The first-order valence-electron chi connectivity index (χ1n) is 5.65. The molecular formula is C15H15NO. The van der Waals surface area contributed by atoms with Crippen LogP contribution in [0.1, 0.15) is 16.7 Å². The average molecular weight is 225 g/mol. The molecule has 0 saturated heterocycles. The number of primary amides is 1. The Morgan fingerprint density at radius 2 is 1.47 bits per heavy atom. The molecule has 2 heteroatoms. The van der Waals surface area contributed by atoms with Crippen molar-refractivity contribution in [2.45, 2.75) is 12.8 Å². The van der Waals surface area contributed by atoms with Gasteiger partial charge in [-0.25, -0.2) is 0 Å². The van der Waals surface area contributed by atoms with Crippen molar-refractivity contribution in [3.8, 4) is 0 Å². The van der Waals surface area contributed by atoms with E-state index in [1.54, 1.807) is 0 Å². The number of carbonyl (C=O) groups excluding carboxylic acids is 1. The Hall–Kier alpha value is -2.09. The van der Waals surface area contributed by atoms with E-state index >= 15 is 0 Å². The van der Waals surface area contributed by atoms with Gasteiger partial charge in [0.2, 0.25) is 5.91 Å². The van der Waals surface area contributed by atoms with Crippen LogP contribution in [-0.2, 0) is 17.6 Å². The van der Waals surface area contributed by atoms with Gasteiger partial charge in [0.05, 0.1) is 6.42 Å². The highest BCUT2D eigenvalue weighted by molar-refractivity contribution is 5.77. The van der Waals surface area contributed by atoms with Gasteiger partial charge in [-0.3, -0.25) is 4.79 Å². The summed E-state index contributed by atoms with van der Waals surface area (Å²) in [6.07, 6.45) is 1.15. The maximum atomic E-state index is 11.0. The number of rotatable bonds is 4. The normalized spacial score (nSPS) is 10.1. The monoisotopic (exact) mass is 225 g/mol. The summed E-state index contributed by atoms with van der Waals surface area (Å²) in [5.41, 5.74) is 8.67. The lowest BCUT2D eigenvalue weighted by Crippen LogP contribution is -2.14. The van der Waals surface area contributed by atoms with Gasteiger partial charge in [-0.2, -0.15) is 0 Å². The largest absolute Gasteiger partial charge is 0.369 e. The number of benzene rings is 2. The van der Waals surface area contributed by atoms with Crippen LogP contribution in [0.2, 0.25) is 0 Å². The second-order valence-electron chi connectivity index (χ2n) is 4.07. The van der Waals surface area contributed by atoms with Crippen LogP contribution in [-0.4, -0.2) is 5.91 Å². The van der Waals surface area contributed by atoms with Crippen LogP contribution in [0.15, 0.2) is 54.6 Å². The minimum atomic E-state index is -0.287. The predicted octanol–water partition coefficient (Wildman–Crippen LogP) is 2.31. The second-order valence-corrected chi connectivity index (χ2v) is 4.07. The van der Waals surface area contributed by atoms with Crippen LogP contribution in [0.25, 0.3) is 0 Å². The highest BCUT2D eigenvalue weighted by atomic mass is 16.1. The summed E-state index contributed by atoms with van der Waals surface area (Å²) in [4.78, 5) is 11.0. The lowest BCUT2D eigenvalue weighted by atomic mass is 9.98. The van der Waals surface area contributed by atoms with E-state index in [4.69, 9.17) is 5.73 Å². The quantitative estimate of drug-likeness (QED) is 0.852. The molecule has 0 heterocycles. The van der Waals surface area contributed by atoms with Gasteiger partial charge in [-0.05, 0) is 23.1 Å². The summed E-state index contributed by atoms with van der Waals surface area (Å²) in [6, 6.07) is 18.1. The molecule has 2 aromatic carbocycles. The highest BCUT2D eigenvalue weighted by Crippen LogP contribution is 2.14. The van der Waals surface area contributed by atoms with Gasteiger partial charge in [-0.1, -0.05) is 54.6 Å². The molecular weight excluding hydrogens is 210 g/mol. The average Bonchev–Trinajstić information content (AvgIpc) is 2.32. The molecule has 0 aliphatic carbocycles. The molecule has 1 amide bonds. The molecule has 0 atom stereocenters. The number of hydrogen-bond acceptors (Lipinski definition) is 1. The summed E-state index contributed by atoms with van der Waals surface area (Å²) >= 11 is 0. The first-order chi connectivity index (χ1) is 8.25. The lowest BCUT2D eigenvalue weighted by molar-refractivity contribution is -0.117. The Labute approximate surface area is 101 Å². The standard InChI is InChI=1S/C15H15NO/c16-15(17)11-14-9-5-4-8-13(14)10-12-6-2-1-3-7-12/h1-9H,10-11H2,(H2,16,17). The lowest BCUT2D eigenvalue weighted by Gasteiger charge is -2.07. The summed E-state index contributed by atoms with van der Waals surface area (Å²) in [6.45, 7) is 0. The Balaban J connectivity index is 2.23. The molecule has 0 unspecified atom stereocenters. The van der Waals surface area contributed by atoms with Crippen molar-refractivity contribution in [1.29, 1.82) is 0 Å². The zero-order chi connectivity index (χ0) is 12.1. The van der Waals surface area contributed by atoms with Crippen molar-refractivity contribution in [3.63, 3.8) is 0 Å². The second kappa shape index (κ2) is 5.30. The van der Waals surface area contributed by atoms with E-state index in [0.717, 1.165) is 17.5 Å². The maximum Gasteiger partial charge on any atom is 0.221 e. The fourth-order valence-corrected chi connectivity index (χ4v) is 1.91. The first-order valence-corrected chi connectivity index (χ1v) is 5.65. The predicted molar refractivity (Wildman–Crippen MR) is 68.6 cm³/mol. The van der Waals surface area contributed by atoms with E-state index in [1.165, 1.54) is 5.56 Å². The molecule has 0 bridgehead atoms. The van der Waals surface area contributed by atoms with E-state index in [9.17, 15) is 4.79 Å². The van der Waals surface area contributed by atoms with E-state index in [-0.39, 0.29) is 5.91 Å². The summed E-state index contributed by atoms with van der Waals surface area (Å²) < 4.78 is 0. The van der Waals surface area contributed by atoms with Gasteiger partial charge >= 0.3 is 0 Å². The molecule has 0 spiro atoms. The smallest absolute Gasteiger partial charge is 0.221 e. The zero-order valence-electron chi connectivity index (χ0n) is 9.60. The van der Waals surface area contributed by atoms with Crippen LogP contribution >= 0.6 is 0 Å². The first kappa shape index (κ1) is 11.4. The SMILES string of the molecule is NC(=O)Cc1ccccc1Cc1ccccc1. The van der Waals surface area contributed by atoms with Gasteiger partial charge in [0, 0.05) is 0 Å². The summed E-state index contributed by atoms with van der Waals surface area (Å²) in [5.74, 6) is -0.287. The third kappa shape index (κ3) is 3.18. The molecule has 0 saturated carbocycles. The fraction of sp³-hybridized carbons (Fsp3) is 0.133. The van der Waals surface area contributed by atoms with E-state index < -0.39 is 0 Å². The van der Waals surface area contributed by atoms with Crippen molar-refractivity contribution in [2.75, 3.05) is 0 Å².